The van der Waals surface area contributed by atoms with E-state index in [1.165, 1.54) is 0 Å². The van der Waals surface area contributed by atoms with Gasteiger partial charge >= 0.3 is 0 Å². The Hall–Kier alpha value is -1.85. The third-order valence-corrected chi connectivity index (χ3v) is 4.18. The summed E-state index contributed by atoms with van der Waals surface area (Å²) < 4.78 is 1.87. The molecule has 0 bridgehead atoms. The Morgan fingerprint density at radius 3 is 2.64 bits per heavy atom. The van der Waals surface area contributed by atoms with Gasteiger partial charge in [0.2, 0.25) is 11.8 Å². The first-order chi connectivity index (χ1) is 10.4. The van der Waals surface area contributed by atoms with Crippen LogP contribution in [0.3, 0.4) is 0 Å². The van der Waals surface area contributed by atoms with Crippen molar-refractivity contribution in [2.75, 3.05) is 6.54 Å². The van der Waals surface area contributed by atoms with Gasteiger partial charge in [-0.3, -0.25) is 14.3 Å². The van der Waals surface area contributed by atoms with Gasteiger partial charge in [-0.05, 0) is 33.6 Å². The van der Waals surface area contributed by atoms with Gasteiger partial charge in [-0.2, -0.15) is 5.10 Å². The van der Waals surface area contributed by atoms with E-state index >= 15 is 0 Å². The standard InChI is InChI=1S/C16H26N4O2/c1-5-14(19-8-6-7-15(19)21)16(22)18-12(4)13-9-17-20(10-13)11(2)3/h9-12,14H,5-8H2,1-4H3,(H,18,22)/t12-,14-/m1/s1. The highest BCUT2D eigenvalue weighted by Gasteiger charge is 2.32. The Bertz CT molecular complexity index is 538. The largest absolute Gasteiger partial charge is 0.348 e. The van der Waals surface area contributed by atoms with Gasteiger partial charge in [0.05, 0.1) is 12.2 Å². The normalized spacial score (nSPS) is 17.9. The summed E-state index contributed by atoms with van der Waals surface area (Å²) in [6.07, 6.45) is 5.78. The van der Waals surface area contributed by atoms with E-state index in [1.54, 1.807) is 11.1 Å². The predicted octanol–water partition coefficient (Wildman–Crippen LogP) is 2.04. The summed E-state index contributed by atoms with van der Waals surface area (Å²) in [4.78, 5) is 26.1. The zero-order valence-electron chi connectivity index (χ0n) is 13.9. The molecule has 1 saturated heterocycles. The van der Waals surface area contributed by atoms with Crippen LogP contribution in [0.1, 0.15) is 64.6 Å². The molecule has 2 rings (SSSR count). The molecule has 6 heteroatoms. The SMILES string of the molecule is CC[C@H](C(=O)N[C@H](C)c1cnn(C(C)C)c1)N1CCCC1=O. The third-order valence-electron chi connectivity index (χ3n) is 4.18. The van der Waals surface area contributed by atoms with Crippen molar-refractivity contribution in [3.05, 3.63) is 18.0 Å². The van der Waals surface area contributed by atoms with Crippen LogP contribution in [0, 0.1) is 0 Å². The minimum absolute atomic E-state index is 0.0810. The van der Waals surface area contributed by atoms with E-state index in [9.17, 15) is 9.59 Å². The Morgan fingerprint density at radius 2 is 2.14 bits per heavy atom. The fourth-order valence-corrected chi connectivity index (χ4v) is 2.80. The van der Waals surface area contributed by atoms with Crippen LogP contribution in [0.25, 0.3) is 0 Å². The van der Waals surface area contributed by atoms with E-state index in [0.717, 1.165) is 12.0 Å². The average molecular weight is 306 g/mol. The van der Waals surface area contributed by atoms with Crippen molar-refractivity contribution in [1.82, 2.24) is 20.0 Å². The lowest BCUT2D eigenvalue weighted by atomic mass is 10.1. The zero-order valence-corrected chi connectivity index (χ0v) is 13.9. The second kappa shape index (κ2) is 6.94. The van der Waals surface area contributed by atoms with Crippen molar-refractivity contribution >= 4 is 11.8 Å². The van der Waals surface area contributed by atoms with Crippen LogP contribution in [-0.4, -0.2) is 39.1 Å². The fourth-order valence-electron chi connectivity index (χ4n) is 2.80. The fraction of sp³-hybridized carbons (Fsp3) is 0.688. The maximum atomic E-state index is 12.5. The quantitative estimate of drug-likeness (QED) is 0.874. The van der Waals surface area contributed by atoms with Gasteiger partial charge in [0, 0.05) is 30.8 Å². The summed E-state index contributed by atoms with van der Waals surface area (Å²) in [5.41, 5.74) is 0.977. The van der Waals surface area contributed by atoms with E-state index in [0.29, 0.717) is 25.4 Å². The lowest BCUT2D eigenvalue weighted by Gasteiger charge is -2.27. The van der Waals surface area contributed by atoms with Crippen LogP contribution in [0.2, 0.25) is 0 Å². The summed E-state index contributed by atoms with van der Waals surface area (Å²) in [5.74, 6) is 0.00447. The number of likely N-dealkylation sites (tertiary alicyclic amines) is 1. The molecular weight excluding hydrogens is 280 g/mol. The molecule has 22 heavy (non-hydrogen) atoms. The minimum atomic E-state index is -0.363. The minimum Gasteiger partial charge on any atom is -0.348 e. The molecule has 1 fully saturated rings. The molecule has 0 spiro atoms. The number of aromatic nitrogens is 2. The molecule has 1 aliphatic heterocycles. The van der Waals surface area contributed by atoms with E-state index < -0.39 is 0 Å². The van der Waals surface area contributed by atoms with Crippen molar-refractivity contribution < 1.29 is 9.59 Å². The highest BCUT2D eigenvalue weighted by molar-refractivity contribution is 5.88. The van der Waals surface area contributed by atoms with Crippen LogP contribution >= 0.6 is 0 Å². The highest BCUT2D eigenvalue weighted by atomic mass is 16.2. The van der Waals surface area contributed by atoms with Crippen molar-refractivity contribution in [2.24, 2.45) is 0 Å². The Kier molecular flexibility index (Phi) is 5.21. The molecule has 0 aliphatic carbocycles. The predicted molar refractivity (Wildman–Crippen MR) is 84.2 cm³/mol. The molecule has 0 unspecified atom stereocenters. The van der Waals surface area contributed by atoms with Crippen LogP contribution in [0.5, 0.6) is 0 Å². The van der Waals surface area contributed by atoms with Crippen molar-refractivity contribution in [1.29, 1.82) is 0 Å². The molecule has 1 N–H and O–H groups in total. The third kappa shape index (κ3) is 3.48. The van der Waals surface area contributed by atoms with Crippen LogP contribution in [0.15, 0.2) is 12.4 Å². The lowest BCUT2D eigenvalue weighted by molar-refractivity contribution is -0.137. The van der Waals surface area contributed by atoms with Gasteiger partial charge in [-0.1, -0.05) is 6.92 Å². The van der Waals surface area contributed by atoms with Gasteiger partial charge in [-0.15, -0.1) is 0 Å². The Balaban J connectivity index is 2.01. The van der Waals surface area contributed by atoms with Crippen molar-refractivity contribution in [2.45, 2.75) is 65.1 Å². The first-order valence-electron chi connectivity index (χ1n) is 8.08. The second-order valence-electron chi connectivity index (χ2n) is 6.19. The maximum absolute atomic E-state index is 12.5. The molecule has 0 saturated carbocycles. The molecule has 0 radical (unpaired) electrons. The maximum Gasteiger partial charge on any atom is 0.243 e. The summed E-state index contributed by atoms with van der Waals surface area (Å²) in [6.45, 7) is 8.69. The van der Waals surface area contributed by atoms with E-state index in [2.05, 4.69) is 24.3 Å². The lowest BCUT2D eigenvalue weighted by Crippen LogP contribution is -2.47. The number of nitrogens with zero attached hydrogens (tertiary/aromatic N) is 3. The number of carbonyl (C=O) groups is 2. The van der Waals surface area contributed by atoms with E-state index in [-0.39, 0.29) is 23.9 Å². The molecule has 2 atom stereocenters. The molecule has 1 aromatic rings. The van der Waals surface area contributed by atoms with E-state index in [1.807, 2.05) is 24.7 Å². The average Bonchev–Trinajstić information content (AvgIpc) is 3.09. The van der Waals surface area contributed by atoms with Crippen molar-refractivity contribution in [3.8, 4) is 0 Å². The van der Waals surface area contributed by atoms with Crippen LogP contribution < -0.4 is 5.32 Å². The highest BCUT2D eigenvalue weighted by Crippen LogP contribution is 2.18. The molecule has 1 aromatic heterocycles. The first-order valence-corrected chi connectivity index (χ1v) is 8.08. The number of amides is 2. The van der Waals surface area contributed by atoms with Crippen LogP contribution in [-0.2, 0) is 9.59 Å². The number of nitrogens with one attached hydrogen (secondary N) is 1. The smallest absolute Gasteiger partial charge is 0.243 e. The van der Waals surface area contributed by atoms with Gasteiger partial charge in [0.15, 0.2) is 0 Å². The molecule has 0 aromatic carbocycles. The first kappa shape index (κ1) is 16.5. The molecule has 122 valence electrons. The van der Waals surface area contributed by atoms with Gasteiger partial charge in [-0.25, -0.2) is 0 Å². The number of carbonyl (C=O) groups excluding carboxylic acids is 2. The molecule has 2 amide bonds. The van der Waals surface area contributed by atoms with Crippen molar-refractivity contribution in [3.63, 3.8) is 0 Å². The van der Waals surface area contributed by atoms with Crippen LogP contribution in [0.4, 0.5) is 0 Å². The number of hydrogen-bond donors (Lipinski definition) is 1. The van der Waals surface area contributed by atoms with Gasteiger partial charge in [0.1, 0.15) is 6.04 Å². The second-order valence-corrected chi connectivity index (χ2v) is 6.19. The summed E-state index contributed by atoms with van der Waals surface area (Å²) in [6, 6.07) is -0.188. The molecule has 1 aliphatic rings. The van der Waals surface area contributed by atoms with Gasteiger partial charge < -0.3 is 10.2 Å². The number of hydrogen-bond acceptors (Lipinski definition) is 3. The Morgan fingerprint density at radius 1 is 1.41 bits per heavy atom. The summed E-state index contributed by atoms with van der Waals surface area (Å²) in [5, 5.41) is 7.31. The summed E-state index contributed by atoms with van der Waals surface area (Å²) in [7, 11) is 0. The number of rotatable bonds is 6. The molecule has 2 heterocycles. The molecular formula is C16H26N4O2. The zero-order chi connectivity index (χ0) is 16.3. The Labute approximate surface area is 131 Å². The monoisotopic (exact) mass is 306 g/mol. The van der Waals surface area contributed by atoms with Gasteiger partial charge in [0.25, 0.3) is 0 Å². The summed E-state index contributed by atoms with van der Waals surface area (Å²) >= 11 is 0. The topological polar surface area (TPSA) is 67.2 Å². The van der Waals surface area contributed by atoms with E-state index in [4.69, 9.17) is 0 Å². The molecule has 6 nitrogen and oxygen atoms in total.